The molecule has 0 fully saturated rings. The quantitative estimate of drug-likeness (QED) is 0.675. The minimum absolute atomic E-state index is 0.0827. The Balaban J connectivity index is 2.10. The standard InChI is InChI=1S/C21H29NO4S/c1-17(2)15-22(16-19(23)10-9-18-7-5-4-6-8-18)27(24,25)21-13-11-20(26-3)12-14-21/h4-8,11-14,17,19,23H,9-10,15-16H2,1-3H3/t19-/m1/s1. The van der Waals surface area contributed by atoms with Gasteiger partial charge in [-0.1, -0.05) is 44.2 Å². The highest BCUT2D eigenvalue weighted by Crippen LogP contribution is 2.21. The maximum absolute atomic E-state index is 13.1. The molecule has 5 nitrogen and oxygen atoms in total. The van der Waals surface area contributed by atoms with Crippen LogP contribution in [-0.4, -0.2) is 44.1 Å². The highest BCUT2D eigenvalue weighted by atomic mass is 32.2. The van der Waals surface area contributed by atoms with E-state index in [1.807, 2.05) is 44.2 Å². The molecule has 2 aromatic carbocycles. The molecule has 0 aliphatic heterocycles. The summed E-state index contributed by atoms with van der Waals surface area (Å²) in [6.45, 7) is 4.37. The molecule has 2 aromatic rings. The average molecular weight is 392 g/mol. The number of rotatable bonds is 10. The third-order valence-corrected chi connectivity index (χ3v) is 6.14. The van der Waals surface area contributed by atoms with E-state index in [0.29, 0.717) is 25.1 Å². The molecule has 0 bridgehead atoms. The van der Waals surface area contributed by atoms with Crippen LogP contribution >= 0.6 is 0 Å². The predicted octanol–water partition coefficient (Wildman–Crippen LogP) is 3.34. The van der Waals surface area contributed by atoms with Crippen LogP contribution in [0.2, 0.25) is 0 Å². The fraction of sp³-hybridized carbons (Fsp3) is 0.429. The van der Waals surface area contributed by atoms with E-state index in [-0.39, 0.29) is 17.4 Å². The van der Waals surface area contributed by atoms with Gasteiger partial charge >= 0.3 is 0 Å². The Morgan fingerprint density at radius 1 is 1.00 bits per heavy atom. The Kier molecular flexibility index (Phi) is 7.83. The SMILES string of the molecule is COc1ccc(S(=O)(=O)N(CC(C)C)C[C@H](O)CCc2ccccc2)cc1. The molecule has 0 unspecified atom stereocenters. The van der Waals surface area contributed by atoms with E-state index in [1.165, 1.54) is 23.5 Å². The predicted molar refractivity (Wildman–Crippen MR) is 107 cm³/mol. The summed E-state index contributed by atoms with van der Waals surface area (Å²) in [4.78, 5) is 0.208. The summed E-state index contributed by atoms with van der Waals surface area (Å²) in [5.41, 5.74) is 1.13. The molecule has 27 heavy (non-hydrogen) atoms. The number of nitrogens with zero attached hydrogens (tertiary/aromatic N) is 1. The molecule has 0 radical (unpaired) electrons. The molecular weight excluding hydrogens is 362 g/mol. The van der Waals surface area contributed by atoms with Gasteiger partial charge in [-0.05, 0) is 48.6 Å². The van der Waals surface area contributed by atoms with Gasteiger partial charge in [-0.25, -0.2) is 8.42 Å². The van der Waals surface area contributed by atoms with Crippen LogP contribution in [-0.2, 0) is 16.4 Å². The number of aliphatic hydroxyl groups excluding tert-OH is 1. The highest BCUT2D eigenvalue weighted by Gasteiger charge is 2.27. The second-order valence-corrected chi connectivity index (χ2v) is 9.01. The van der Waals surface area contributed by atoms with Crippen molar-refractivity contribution >= 4 is 10.0 Å². The molecule has 1 atom stereocenters. The molecule has 0 heterocycles. The third kappa shape index (κ3) is 6.34. The smallest absolute Gasteiger partial charge is 0.243 e. The van der Waals surface area contributed by atoms with Gasteiger partial charge in [0.05, 0.1) is 18.1 Å². The normalized spacial score (nSPS) is 13.1. The Morgan fingerprint density at radius 2 is 1.63 bits per heavy atom. The van der Waals surface area contributed by atoms with E-state index in [2.05, 4.69) is 0 Å². The number of hydrogen-bond donors (Lipinski definition) is 1. The van der Waals surface area contributed by atoms with Crippen LogP contribution in [0.5, 0.6) is 5.75 Å². The van der Waals surface area contributed by atoms with E-state index in [9.17, 15) is 13.5 Å². The molecule has 148 valence electrons. The van der Waals surface area contributed by atoms with Gasteiger partial charge in [0.25, 0.3) is 0 Å². The number of methoxy groups -OCH3 is 1. The number of benzene rings is 2. The van der Waals surface area contributed by atoms with Crippen molar-refractivity contribution in [2.45, 2.75) is 37.7 Å². The Bertz CT molecular complexity index is 789. The first-order chi connectivity index (χ1) is 12.8. The van der Waals surface area contributed by atoms with Gasteiger partial charge in [0.1, 0.15) is 5.75 Å². The van der Waals surface area contributed by atoms with Crippen LogP contribution < -0.4 is 4.74 Å². The summed E-state index contributed by atoms with van der Waals surface area (Å²) >= 11 is 0. The summed E-state index contributed by atoms with van der Waals surface area (Å²) in [6.07, 6.45) is 0.494. The molecule has 2 rings (SSSR count). The summed E-state index contributed by atoms with van der Waals surface area (Å²) in [7, 11) is -2.14. The number of sulfonamides is 1. The van der Waals surface area contributed by atoms with Crippen molar-refractivity contribution < 1.29 is 18.3 Å². The molecule has 0 saturated heterocycles. The molecule has 1 N–H and O–H groups in total. The van der Waals surface area contributed by atoms with Gasteiger partial charge < -0.3 is 9.84 Å². The maximum atomic E-state index is 13.1. The molecular formula is C21H29NO4S. The monoisotopic (exact) mass is 391 g/mol. The molecule has 0 spiro atoms. The zero-order valence-electron chi connectivity index (χ0n) is 16.2. The van der Waals surface area contributed by atoms with Crippen molar-refractivity contribution in [3.05, 3.63) is 60.2 Å². The van der Waals surface area contributed by atoms with Crippen molar-refractivity contribution in [3.8, 4) is 5.75 Å². The zero-order valence-corrected chi connectivity index (χ0v) is 17.0. The first-order valence-corrected chi connectivity index (χ1v) is 10.6. The molecule has 0 aliphatic rings. The van der Waals surface area contributed by atoms with Crippen molar-refractivity contribution in [3.63, 3.8) is 0 Å². The van der Waals surface area contributed by atoms with E-state index in [4.69, 9.17) is 4.74 Å². The zero-order chi connectivity index (χ0) is 19.9. The minimum atomic E-state index is -3.68. The number of aryl methyl sites for hydroxylation is 1. The van der Waals surface area contributed by atoms with Gasteiger partial charge in [0, 0.05) is 13.1 Å². The lowest BCUT2D eigenvalue weighted by molar-refractivity contribution is 0.133. The van der Waals surface area contributed by atoms with Gasteiger partial charge in [0.2, 0.25) is 10.0 Å². The average Bonchev–Trinajstić information content (AvgIpc) is 2.66. The molecule has 0 aromatic heterocycles. The maximum Gasteiger partial charge on any atom is 0.243 e. The Hall–Kier alpha value is -1.89. The number of aliphatic hydroxyl groups is 1. The van der Waals surface area contributed by atoms with Crippen molar-refractivity contribution in [2.75, 3.05) is 20.2 Å². The fourth-order valence-corrected chi connectivity index (χ4v) is 4.52. The van der Waals surface area contributed by atoms with E-state index in [1.54, 1.807) is 12.1 Å². The molecule has 0 amide bonds. The van der Waals surface area contributed by atoms with Crippen LogP contribution in [0, 0.1) is 5.92 Å². The van der Waals surface area contributed by atoms with E-state index < -0.39 is 16.1 Å². The minimum Gasteiger partial charge on any atom is -0.497 e. The first kappa shape index (κ1) is 21.4. The molecule has 0 aliphatic carbocycles. The topological polar surface area (TPSA) is 66.8 Å². The highest BCUT2D eigenvalue weighted by molar-refractivity contribution is 7.89. The lowest BCUT2D eigenvalue weighted by Crippen LogP contribution is -2.40. The van der Waals surface area contributed by atoms with Crippen molar-refractivity contribution in [1.82, 2.24) is 4.31 Å². The van der Waals surface area contributed by atoms with Crippen LogP contribution in [0.15, 0.2) is 59.5 Å². The van der Waals surface area contributed by atoms with Crippen molar-refractivity contribution in [2.24, 2.45) is 5.92 Å². The van der Waals surface area contributed by atoms with Gasteiger partial charge in [0.15, 0.2) is 0 Å². The molecule has 0 saturated carbocycles. The second kappa shape index (κ2) is 9.88. The Morgan fingerprint density at radius 3 is 2.19 bits per heavy atom. The lowest BCUT2D eigenvalue weighted by Gasteiger charge is -2.26. The lowest BCUT2D eigenvalue weighted by atomic mass is 10.1. The van der Waals surface area contributed by atoms with E-state index >= 15 is 0 Å². The number of ether oxygens (including phenoxy) is 1. The van der Waals surface area contributed by atoms with Crippen LogP contribution in [0.3, 0.4) is 0 Å². The van der Waals surface area contributed by atoms with Crippen LogP contribution in [0.1, 0.15) is 25.8 Å². The summed E-state index contributed by atoms with van der Waals surface area (Å²) < 4.78 is 32.6. The van der Waals surface area contributed by atoms with Crippen molar-refractivity contribution in [1.29, 1.82) is 0 Å². The Labute approximate surface area is 162 Å². The van der Waals surface area contributed by atoms with Gasteiger partial charge in [-0.2, -0.15) is 4.31 Å². The number of hydrogen-bond acceptors (Lipinski definition) is 4. The van der Waals surface area contributed by atoms with Gasteiger partial charge in [-0.3, -0.25) is 0 Å². The third-order valence-electron chi connectivity index (χ3n) is 4.29. The fourth-order valence-electron chi connectivity index (χ4n) is 2.88. The molecule has 6 heteroatoms. The van der Waals surface area contributed by atoms with Gasteiger partial charge in [-0.15, -0.1) is 0 Å². The summed E-state index contributed by atoms with van der Waals surface area (Å²) in [5.74, 6) is 0.756. The second-order valence-electron chi connectivity index (χ2n) is 7.07. The largest absolute Gasteiger partial charge is 0.497 e. The van der Waals surface area contributed by atoms with Crippen LogP contribution in [0.25, 0.3) is 0 Å². The summed E-state index contributed by atoms with van der Waals surface area (Å²) in [5, 5.41) is 10.5. The first-order valence-electron chi connectivity index (χ1n) is 9.19. The summed E-state index contributed by atoms with van der Waals surface area (Å²) in [6, 6.07) is 16.2. The van der Waals surface area contributed by atoms with E-state index in [0.717, 1.165) is 5.56 Å². The van der Waals surface area contributed by atoms with Crippen LogP contribution in [0.4, 0.5) is 0 Å².